The van der Waals surface area contributed by atoms with Crippen molar-refractivity contribution < 1.29 is 9.53 Å². The van der Waals surface area contributed by atoms with Crippen molar-refractivity contribution >= 4 is 22.4 Å². The van der Waals surface area contributed by atoms with Gasteiger partial charge in [-0.15, -0.1) is 0 Å². The fraction of sp³-hybridized carbons (Fsp3) is 0.125. The number of ketones is 1. The summed E-state index contributed by atoms with van der Waals surface area (Å²) in [6.07, 6.45) is 0. The van der Waals surface area contributed by atoms with Crippen molar-refractivity contribution in [2.24, 2.45) is 0 Å². The highest BCUT2D eigenvalue weighted by Crippen LogP contribution is 2.36. The summed E-state index contributed by atoms with van der Waals surface area (Å²) in [5, 5.41) is 1.04. The number of nitrogen functional groups attached to an aromatic ring is 1. The van der Waals surface area contributed by atoms with E-state index in [1.54, 1.807) is 14.0 Å². The van der Waals surface area contributed by atoms with Crippen molar-refractivity contribution in [2.45, 2.75) is 13.5 Å². The van der Waals surface area contributed by atoms with Crippen LogP contribution in [0.1, 0.15) is 23.0 Å². The Labute approximate surface area is 164 Å². The van der Waals surface area contributed by atoms with Gasteiger partial charge >= 0.3 is 0 Å². The molecule has 0 unspecified atom stereocenters. The lowest BCUT2D eigenvalue weighted by molar-refractivity contribution is 0.101. The van der Waals surface area contributed by atoms with Gasteiger partial charge in [-0.05, 0) is 41.5 Å². The zero-order valence-corrected chi connectivity index (χ0v) is 16.0. The van der Waals surface area contributed by atoms with Crippen molar-refractivity contribution in [3.05, 3.63) is 84.1 Å². The molecule has 0 radical (unpaired) electrons. The van der Waals surface area contributed by atoms with Crippen LogP contribution in [0.4, 0.5) is 5.69 Å². The second-order valence-corrected chi connectivity index (χ2v) is 6.86. The summed E-state index contributed by atoms with van der Waals surface area (Å²) >= 11 is 0. The molecule has 4 nitrogen and oxygen atoms in total. The maximum Gasteiger partial charge on any atom is 0.176 e. The molecule has 2 N–H and O–H groups in total. The summed E-state index contributed by atoms with van der Waals surface area (Å²) in [5.74, 6) is 0.825. The number of Topliss-reactive ketones (excluding diaryl/α,β-unsaturated/α-hetero) is 1. The minimum atomic E-state index is 0.0246. The van der Waals surface area contributed by atoms with Crippen LogP contribution in [-0.2, 0) is 6.54 Å². The van der Waals surface area contributed by atoms with E-state index in [1.165, 1.54) is 0 Å². The average Bonchev–Trinajstić information content (AvgIpc) is 3.03. The Kier molecular flexibility index (Phi) is 4.62. The van der Waals surface area contributed by atoms with Crippen LogP contribution in [0.25, 0.3) is 22.0 Å². The molecule has 140 valence electrons. The number of carbonyl (C=O) groups excluding carboxylic acids is 1. The van der Waals surface area contributed by atoms with Gasteiger partial charge in [0.2, 0.25) is 0 Å². The van der Waals surface area contributed by atoms with Gasteiger partial charge in [-0.3, -0.25) is 4.79 Å². The van der Waals surface area contributed by atoms with E-state index in [9.17, 15) is 4.79 Å². The third-order valence-corrected chi connectivity index (χ3v) is 4.95. The standard InChI is InChI=1S/C24H22N2O2/c1-16(27)24-23(18-8-6-9-19(25)14-18)21-11-3-4-12-22(21)26(24)15-17-7-5-10-20(13-17)28-2/h3-14H,15,25H2,1-2H3. The molecule has 28 heavy (non-hydrogen) atoms. The number of hydrogen-bond donors (Lipinski definition) is 1. The first-order valence-electron chi connectivity index (χ1n) is 9.19. The van der Waals surface area contributed by atoms with Crippen molar-refractivity contribution in [2.75, 3.05) is 12.8 Å². The molecule has 4 rings (SSSR count). The van der Waals surface area contributed by atoms with Gasteiger partial charge in [0.15, 0.2) is 5.78 Å². The Morgan fingerprint density at radius 1 is 1.00 bits per heavy atom. The molecule has 0 bridgehead atoms. The lowest BCUT2D eigenvalue weighted by Gasteiger charge is -2.11. The van der Waals surface area contributed by atoms with E-state index in [0.29, 0.717) is 17.9 Å². The molecule has 0 saturated carbocycles. The summed E-state index contributed by atoms with van der Waals surface area (Å²) < 4.78 is 7.44. The Balaban J connectivity index is 1.98. The van der Waals surface area contributed by atoms with Crippen LogP contribution in [0.3, 0.4) is 0 Å². The lowest BCUT2D eigenvalue weighted by Crippen LogP contribution is -2.09. The summed E-state index contributed by atoms with van der Waals surface area (Å²) in [6.45, 7) is 2.20. The number of methoxy groups -OCH3 is 1. The lowest BCUT2D eigenvalue weighted by atomic mass is 10.00. The highest BCUT2D eigenvalue weighted by atomic mass is 16.5. The van der Waals surface area contributed by atoms with Crippen molar-refractivity contribution in [1.29, 1.82) is 0 Å². The number of hydrogen-bond acceptors (Lipinski definition) is 3. The predicted octanol–water partition coefficient (Wildman–Crippen LogP) is 5.15. The molecule has 0 atom stereocenters. The van der Waals surface area contributed by atoms with E-state index in [1.807, 2.05) is 60.7 Å². The number of aromatic nitrogens is 1. The van der Waals surface area contributed by atoms with Gasteiger partial charge in [0, 0.05) is 35.6 Å². The molecular formula is C24H22N2O2. The number of benzene rings is 3. The fourth-order valence-corrected chi connectivity index (χ4v) is 3.77. The quantitative estimate of drug-likeness (QED) is 0.390. The predicted molar refractivity (Wildman–Crippen MR) is 114 cm³/mol. The molecule has 0 fully saturated rings. The minimum absolute atomic E-state index is 0.0246. The number of nitrogens with two attached hydrogens (primary N) is 1. The number of ether oxygens (including phenoxy) is 1. The number of anilines is 1. The normalized spacial score (nSPS) is 10.9. The zero-order valence-electron chi connectivity index (χ0n) is 16.0. The SMILES string of the molecule is COc1cccc(Cn2c(C(C)=O)c(-c3cccc(N)c3)c3ccccc32)c1. The third-order valence-electron chi connectivity index (χ3n) is 4.95. The zero-order chi connectivity index (χ0) is 19.7. The summed E-state index contributed by atoms with van der Waals surface area (Å²) in [5.41, 5.74) is 11.4. The van der Waals surface area contributed by atoms with Crippen LogP contribution in [-0.4, -0.2) is 17.5 Å². The van der Waals surface area contributed by atoms with E-state index in [0.717, 1.165) is 33.3 Å². The van der Waals surface area contributed by atoms with E-state index in [4.69, 9.17) is 10.5 Å². The Morgan fingerprint density at radius 2 is 1.79 bits per heavy atom. The van der Waals surface area contributed by atoms with E-state index in [-0.39, 0.29) is 5.78 Å². The maximum atomic E-state index is 12.8. The van der Waals surface area contributed by atoms with E-state index >= 15 is 0 Å². The van der Waals surface area contributed by atoms with Gasteiger partial charge in [0.25, 0.3) is 0 Å². The second-order valence-electron chi connectivity index (χ2n) is 6.86. The Morgan fingerprint density at radius 3 is 2.54 bits per heavy atom. The minimum Gasteiger partial charge on any atom is -0.497 e. The molecule has 1 aromatic heterocycles. The van der Waals surface area contributed by atoms with Crippen LogP contribution < -0.4 is 10.5 Å². The van der Waals surface area contributed by atoms with Crippen LogP contribution in [0.15, 0.2) is 72.8 Å². The van der Waals surface area contributed by atoms with Crippen molar-refractivity contribution in [1.82, 2.24) is 4.57 Å². The van der Waals surface area contributed by atoms with Crippen LogP contribution in [0.2, 0.25) is 0 Å². The molecule has 0 spiro atoms. The number of para-hydroxylation sites is 1. The van der Waals surface area contributed by atoms with Crippen molar-refractivity contribution in [3.63, 3.8) is 0 Å². The smallest absolute Gasteiger partial charge is 0.176 e. The monoisotopic (exact) mass is 370 g/mol. The second kappa shape index (κ2) is 7.24. The summed E-state index contributed by atoms with van der Waals surface area (Å²) in [4.78, 5) is 12.8. The van der Waals surface area contributed by atoms with Gasteiger partial charge in [-0.25, -0.2) is 0 Å². The fourth-order valence-electron chi connectivity index (χ4n) is 3.77. The molecule has 4 heteroatoms. The number of nitrogens with zero attached hydrogens (tertiary/aromatic N) is 1. The Bertz CT molecular complexity index is 1170. The van der Waals surface area contributed by atoms with Gasteiger partial charge < -0.3 is 15.0 Å². The first kappa shape index (κ1) is 17.9. The number of carbonyl (C=O) groups is 1. The van der Waals surface area contributed by atoms with Gasteiger partial charge in [-0.2, -0.15) is 0 Å². The first-order valence-corrected chi connectivity index (χ1v) is 9.19. The first-order chi connectivity index (χ1) is 13.6. The molecule has 0 aliphatic rings. The number of rotatable bonds is 5. The highest BCUT2D eigenvalue weighted by Gasteiger charge is 2.21. The van der Waals surface area contributed by atoms with Crippen LogP contribution in [0, 0.1) is 0 Å². The van der Waals surface area contributed by atoms with Gasteiger partial charge in [0.05, 0.1) is 12.8 Å². The Hall–Kier alpha value is -3.53. The van der Waals surface area contributed by atoms with Gasteiger partial charge in [0.1, 0.15) is 5.75 Å². The summed E-state index contributed by atoms with van der Waals surface area (Å²) in [6, 6.07) is 23.7. The average molecular weight is 370 g/mol. The molecular weight excluding hydrogens is 348 g/mol. The molecule has 1 heterocycles. The molecule has 3 aromatic carbocycles. The van der Waals surface area contributed by atoms with E-state index in [2.05, 4.69) is 16.7 Å². The molecule has 4 aromatic rings. The third kappa shape index (κ3) is 3.14. The summed E-state index contributed by atoms with van der Waals surface area (Å²) in [7, 11) is 1.66. The molecule has 0 amide bonds. The van der Waals surface area contributed by atoms with Crippen LogP contribution in [0.5, 0.6) is 5.75 Å². The van der Waals surface area contributed by atoms with Crippen molar-refractivity contribution in [3.8, 4) is 16.9 Å². The highest BCUT2D eigenvalue weighted by molar-refractivity contribution is 6.10. The maximum absolute atomic E-state index is 12.8. The van der Waals surface area contributed by atoms with Crippen LogP contribution >= 0.6 is 0 Å². The largest absolute Gasteiger partial charge is 0.497 e. The van der Waals surface area contributed by atoms with Gasteiger partial charge in [-0.1, -0.05) is 42.5 Å². The molecule has 0 aliphatic carbocycles. The molecule has 0 saturated heterocycles. The topological polar surface area (TPSA) is 57.2 Å². The van der Waals surface area contributed by atoms with E-state index < -0.39 is 0 Å². The number of fused-ring (bicyclic) bond motifs is 1. The molecule has 0 aliphatic heterocycles.